The molecule has 2 N–H and O–H groups in total. The standard InChI is InChI=1S/C23H17Cl2N3O4/c24-17-5-3-4-16(12-17)22(30)26-14-21(29)28-27-13-15-8-10-18(11-9-15)32-23(31)19-6-1-2-7-20(19)25/h1-13H,14H2,(H,26,30)(H,28,29). The van der Waals surface area contributed by atoms with Crippen LogP contribution in [0.2, 0.25) is 10.0 Å². The topological polar surface area (TPSA) is 96.9 Å². The van der Waals surface area contributed by atoms with E-state index in [2.05, 4.69) is 15.8 Å². The molecule has 0 bridgehead atoms. The zero-order valence-electron chi connectivity index (χ0n) is 16.5. The predicted molar refractivity (Wildman–Crippen MR) is 122 cm³/mol. The van der Waals surface area contributed by atoms with E-state index in [4.69, 9.17) is 27.9 Å². The summed E-state index contributed by atoms with van der Waals surface area (Å²) in [7, 11) is 0. The van der Waals surface area contributed by atoms with Gasteiger partial charge < -0.3 is 10.1 Å². The molecule has 3 aromatic rings. The number of nitrogens with zero attached hydrogens (tertiary/aromatic N) is 1. The van der Waals surface area contributed by atoms with Crippen LogP contribution >= 0.6 is 23.2 Å². The lowest BCUT2D eigenvalue weighted by Crippen LogP contribution is -2.34. The first-order valence-corrected chi connectivity index (χ1v) is 10.1. The number of carbonyl (C=O) groups excluding carboxylic acids is 3. The van der Waals surface area contributed by atoms with Gasteiger partial charge in [0.15, 0.2) is 0 Å². The number of amides is 2. The molecule has 0 saturated carbocycles. The highest BCUT2D eigenvalue weighted by molar-refractivity contribution is 6.33. The molecule has 0 aliphatic rings. The van der Waals surface area contributed by atoms with Gasteiger partial charge in [-0.1, -0.05) is 41.4 Å². The summed E-state index contributed by atoms with van der Waals surface area (Å²) in [5.41, 5.74) is 3.59. The highest BCUT2D eigenvalue weighted by atomic mass is 35.5. The molecule has 0 heterocycles. The highest BCUT2D eigenvalue weighted by Gasteiger charge is 2.12. The van der Waals surface area contributed by atoms with Gasteiger partial charge in [0.2, 0.25) is 0 Å². The van der Waals surface area contributed by atoms with Crippen LogP contribution in [-0.2, 0) is 4.79 Å². The summed E-state index contributed by atoms with van der Waals surface area (Å²) in [5, 5.41) is 7.04. The molecule has 3 rings (SSSR count). The minimum Gasteiger partial charge on any atom is -0.423 e. The van der Waals surface area contributed by atoms with Gasteiger partial charge >= 0.3 is 5.97 Å². The molecule has 0 fully saturated rings. The molecule has 0 saturated heterocycles. The number of benzene rings is 3. The third-order valence-corrected chi connectivity index (χ3v) is 4.65. The first-order valence-electron chi connectivity index (χ1n) is 9.35. The van der Waals surface area contributed by atoms with Crippen molar-refractivity contribution in [3.8, 4) is 5.75 Å². The van der Waals surface area contributed by atoms with Crippen LogP contribution in [0.3, 0.4) is 0 Å². The van der Waals surface area contributed by atoms with Crippen LogP contribution in [0.5, 0.6) is 5.75 Å². The smallest absolute Gasteiger partial charge is 0.345 e. The Bertz CT molecular complexity index is 1160. The second kappa shape index (κ2) is 11.1. The average molecular weight is 470 g/mol. The molecule has 9 heteroatoms. The van der Waals surface area contributed by atoms with Gasteiger partial charge in [-0.3, -0.25) is 9.59 Å². The molecule has 0 atom stereocenters. The Balaban J connectivity index is 1.46. The molecule has 162 valence electrons. The second-order valence-corrected chi connectivity index (χ2v) is 7.27. The fourth-order valence-corrected chi connectivity index (χ4v) is 2.92. The number of esters is 1. The van der Waals surface area contributed by atoms with Crippen LogP contribution in [0.25, 0.3) is 0 Å². The Hall–Kier alpha value is -3.68. The van der Waals surface area contributed by atoms with E-state index in [1.54, 1.807) is 66.7 Å². The van der Waals surface area contributed by atoms with Crippen LogP contribution in [0, 0.1) is 0 Å². The van der Waals surface area contributed by atoms with Gasteiger partial charge in [0.25, 0.3) is 11.8 Å². The molecule has 0 aromatic heterocycles. The lowest BCUT2D eigenvalue weighted by atomic mass is 10.2. The molecule has 2 amide bonds. The van der Waals surface area contributed by atoms with Crippen LogP contribution in [0.4, 0.5) is 0 Å². The van der Waals surface area contributed by atoms with Crippen molar-refractivity contribution >= 4 is 47.2 Å². The van der Waals surface area contributed by atoms with Crippen molar-refractivity contribution in [3.05, 3.63) is 99.5 Å². The monoisotopic (exact) mass is 469 g/mol. The van der Waals surface area contributed by atoms with E-state index >= 15 is 0 Å². The summed E-state index contributed by atoms with van der Waals surface area (Å²) in [6.07, 6.45) is 1.41. The lowest BCUT2D eigenvalue weighted by Gasteiger charge is -2.06. The normalized spacial score (nSPS) is 10.6. The van der Waals surface area contributed by atoms with E-state index in [1.165, 1.54) is 12.3 Å². The number of hydrogen-bond acceptors (Lipinski definition) is 5. The van der Waals surface area contributed by atoms with E-state index in [0.29, 0.717) is 26.9 Å². The number of nitrogens with one attached hydrogen (secondary N) is 2. The van der Waals surface area contributed by atoms with Crippen LogP contribution in [-0.4, -0.2) is 30.5 Å². The van der Waals surface area contributed by atoms with Crippen molar-refractivity contribution in [3.63, 3.8) is 0 Å². The van der Waals surface area contributed by atoms with Gasteiger partial charge in [0, 0.05) is 10.6 Å². The third-order valence-electron chi connectivity index (χ3n) is 4.08. The van der Waals surface area contributed by atoms with E-state index in [9.17, 15) is 14.4 Å². The number of rotatable bonds is 7. The molecule has 0 radical (unpaired) electrons. The Kier molecular flexibility index (Phi) is 7.96. The fourth-order valence-electron chi connectivity index (χ4n) is 2.52. The van der Waals surface area contributed by atoms with Crippen molar-refractivity contribution in [2.75, 3.05) is 6.54 Å². The number of carbonyl (C=O) groups is 3. The van der Waals surface area contributed by atoms with Crippen molar-refractivity contribution in [1.82, 2.24) is 10.7 Å². The molecular weight excluding hydrogens is 453 g/mol. The summed E-state index contributed by atoms with van der Waals surface area (Å²) >= 11 is 11.8. The minimum absolute atomic E-state index is 0.250. The number of hydrazone groups is 1. The van der Waals surface area contributed by atoms with E-state index < -0.39 is 17.8 Å². The maximum absolute atomic E-state index is 12.2. The quantitative estimate of drug-likeness (QED) is 0.235. The Morgan fingerprint density at radius 3 is 2.41 bits per heavy atom. The van der Waals surface area contributed by atoms with Crippen molar-refractivity contribution in [1.29, 1.82) is 0 Å². The number of halogens is 2. The van der Waals surface area contributed by atoms with Gasteiger partial charge in [-0.05, 0) is 60.2 Å². The van der Waals surface area contributed by atoms with Crippen molar-refractivity contribution in [2.45, 2.75) is 0 Å². The SMILES string of the molecule is O=C(CNC(=O)c1cccc(Cl)c1)NN=Cc1ccc(OC(=O)c2ccccc2Cl)cc1. The highest BCUT2D eigenvalue weighted by Crippen LogP contribution is 2.19. The zero-order chi connectivity index (χ0) is 22.9. The maximum Gasteiger partial charge on any atom is 0.345 e. The van der Waals surface area contributed by atoms with E-state index in [1.807, 2.05) is 0 Å². The summed E-state index contributed by atoms with van der Waals surface area (Å²) in [4.78, 5) is 36.0. The molecule has 0 unspecified atom stereocenters. The Morgan fingerprint density at radius 1 is 0.938 bits per heavy atom. The summed E-state index contributed by atoms with van der Waals surface area (Å²) in [5.74, 6) is -1.15. The summed E-state index contributed by atoms with van der Waals surface area (Å²) < 4.78 is 5.29. The Morgan fingerprint density at radius 2 is 1.69 bits per heavy atom. The molecule has 0 spiro atoms. The lowest BCUT2D eigenvalue weighted by molar-refractivity contribution is -0.120. The van der Waals surface area contributed by atoms with E-state index in [0.717, 1.165) is 0 Å². The van der Waals surface area contributed by atoms with Crippen LogP contribution in [0.15, 0.2) is 77.9 Å². The summed E-state index contributed by atoms with van der Waals surface area (Å²) in [6.45, 7) is -0.250. The van der Waals surface area contributed by atoms with Crippen LogP contribution < -0.4 is 15.5 Å². The zero-order valence-corrected chi connectivity index (χ0v) is 18.1. The average Bonchev–Trinajstić information content (AvgIpc) is 2.79. The molecule has 0 aliphatic heterocycles. The summed E-state index contributed by atoms with van der Waals surface area (Å²) in [6, 6.07) is 19.5. The third kappa shape index (κ3) is 6.66. The van der Waals surface area contributed by atoms with Crippen LogP contribution in [0.1, 0.15) is 26.3 Å². The largest absolute Gasteiger partial charge is 0.423 e. The molecular formula is C23H17Cl2N3O4. The maximum atomic E-state index is 12.2. The molecule has 7 nitrogen and oxygen atoms in total. The first-order chi connectivity index (χ1) is 15.4. The molecule has 0 aliphatic carbocycles. The molecule has 3 aromatic carbocycles. The Labute approximate surface area is 194 Å². The van der Waals surface area contributed by atoms with Gasteiger partial charge in [0.1, 0.15) is 5.75 Å². The number of ether oxygens (including phenoxy) is 1. The van der Waals surface area contributed by atoms with E-state index in [-0.39, 0.29) is 12.1 Å². The second-order valence-electron chi connectivity index (χ2n) is 6.42. The minimum atomic E-state index is -0.566. The van der Waals surface area contributed by atoms with Gasteiger partial charge in [-0.25, -0.2) is 10.2 Å². The molecule has 32 heavy (non-hydrogen) atoms. The van der Waals surface area contributed by atoms with Crippen molar-refractivity contribution < 1.29 is 19.1 Å². The van der Waals surface area contributed by atoms with Crippen molar-refractivity contribution in [2.24, 2.45) is 5.10 Å². The van der Waals surface area contributed by atoms with Gasteiger partial charge in [0.05, 0.1) is 23.3 Å². The predicted octanol–water partition coefficient (Wildman–Crippen LogP) is 4.09. The van der Waals surface area contributed by atoms with Gasteiger partial charge in [-0.15, -0.1) is 0 Å². The number of hydrogen-bond donors (Lipinski definition) is 2. The first kappa shape index (κ1) is 23.0. The fraction of sp³-hybridized carbons (Fsp3) is 0.0435. The van der Waals surface area contributed by atoms with Gasteiger partial charge in [-0.2, -0.15) is 5.10 Å².